The van der Waals surface area contributed by atoms with E-state index in [-0.39, 0.29) is 16.2 Å². The average Bonchev–Trinajstić information content (AvgIpc) is 3.04. The maximum atomic E-state index is 14.1. The predicted octanol–water partition coefficient (Wildman–Crippen LogP) is 4.48. The van der Waals surface area contributed by atoms with Gasteiger partial charge in [0.2, 0.25) is 11.8 Å². The summed E-state index contributed by atoms with van der Waals surface area (Å²) in [6, 6.07) is 0.362. The van der Waals surface area contributed by atoms with Crippen LogP contribution >= 0.6 is 0 Å². The highest BCUT2D eigenvalue weighted by atomic mass is 16.2. The molecule has 4 nitrogen and oxygen atoms in total. The number of carbonyl (C=O) groups is 2. The van der Waals surface area contributed by atoms with Gasteiger partial charge in [0.1, 0.15) is 0 Å². The number of hydrogen-bond donors (Lipinski definition) is 0. The van der Waals surface area contributed by atoms with Crippen LogP contribution in [0.3, 0.4) is 0 Å². The van der Waals surface area contributed by atoms with Crippen molar-refractivity contribution in [1.82, 2.24) is 9.80 Å². The summed E-state index contributed by atoms with van der Waals surface area (Å²) in [4.78, 5) is 30.6. The summed E-state index contributed by atoms with van der Waals surface area (Å²) in [5.74, 6) is 1.84. The van der Waals surface area contributed by atoms with E-state index in [2.05, 4.69) is 37.5 Å². The molecule has 0 N–H and O–H groups in total. The molecule has 4 aliphatic rings. The number of carbonyl (C=O) groups excluding carboxylic acids is 2. The zero-order valence-electron chi connectivity index (χ0n) is 18.7. The van der Waals surface area contributed by atoms with Gasteiger partial charge in [-0.05, 0) is 81.5 Å². The Balaban J connectivity index is 1.76. The highest BCUT2D eigenvalue weighted by molar-refractivity contribution is 5.85. The van der Waals surface area contributed by atoms with E-state index >= 15 is 0 Å². The van der Waals surface area contributed by atoms with Crippen molar-refractivity contribution >= 4 is 11.8 Å². The van der Waals surface area contributed by atoms with E-state index in [1.54, 1.807) is 0 Å². The van der Waals surface area contributed by atoms with Gasteiger partial charge in [-0.2, -0.15) is 0 Å². The Hall–Kier alpha value is -1.06. The molecule has 0 radical (unpaired) electrons. The number of piperidine rings is 1. The fraction of sp³-hybridized carbons (Fsp3) is 0.917. The molecule has 0 spiro atoms. The Kier molecular flexibility index (Phi) is 4.87. The molecule has 0 aromatic heterocycles. The fourth-order valence-electron chi connectivity index (χ4n) is 8.46. The van der Waals surface area contributed by atoms with Crippen LogP contribution in [0.5, 0.6) is 0 Å². The van der Waals surface area contributed by atoms with E-state index in [9.17, 15) is 9.59 Å². The topological polar surface area (TPSA) is 40.6 Å². The third-order valence-corrected chi connectivity index (χ3v) is 10.0. The van der Waals surface area contributed by atoms with Crippen molar-refractivity contribution in [3.63, 3.8) is 0 Å². The maximum absolute atomic E-state index is 14.1. The van der Waals surface area contributed by atoms with Gasteiger partial charge >= 0.3 is 0 Å². The lowest BCUT2D eigenvalue weighted by Gasteiger charge is -2.65. The van der Waals surface area contributed by atoms with Gasteiger partial charge in [-0.3, -0.25) is 9.59 Å². The maximum Gasteiger partial charge on any atom is 0.229 e. The van der Waals surface area contributed by atoms with Crippen LogP contribution < -0.4 is 0 Å². The Morgan fingerprint density at radius 2 is 1.75 bits per heavy atom. The first-order valence-corrected chi connectivity index (χ1v) is 11.8. The van der Waals surface area contributed by atoms with Gasteiger partial charge in [0, 0.05) is 32.6 Å². The van der Waals surface area contributed by atoms with Gasteiger partial charge in [-0.15, -0.1) is 0 Å². The number of likely N-dealkylation sites (tertiary alicyclic amines) is 1. The van der Waals surface area contributed by atoms with E-state index < -0.39 is 0 Å². The minimum absolute atomic E-state index is 0.160. The lowest BCUT2D eigenvalue weighted by Crippen LogP contribution is -2.66. The quantitative estimate of drug-likeness (QED) is 0.715. The SMILES string of the molecule is CCN(CC)C(=O)[C@@]12CCC[C@@]1(C)CC[C@H]1[C@H]2CC[C@H]2N(C)C(=O)CC[C@]12C. The molecule has 158 valence electrons. The Labute approximate surface area is 171 Å². The second kappa shape index (κ2) is 6.74. The smallest absolute Gasteiger partial charge is 0.229 e. The Morgan fingerprint density at radius 3 is 2.43 bits per heavy atom. The summed E-state index contributed by atoms with van der Waals surface area (Å²) in [6.07, 6.45) is 9.79. The molecule has 0 unspecified atom stereocenters. The minimum Gasteiger partial charge on any atom is -0.343 e. The van der Waals surface area contributed by atoms with Crippen LogP contribution in [-0.4, -0.2) is 47.8 Å². The first-order valence-electron chi connectivity index (χ1n) is 11.8. The highest BCUT2D eigenvalue weighted by Crippen LogP contribution is 2.70. The number of nitrogens with zero attached hydrogens (tertiary/aromatic N) is 2. The summed E-state index contributed by atoms with van der Waals surface area (Å²) < 4.78 is 0. The summed E-state index contributed by atoms with van der Waals surface area (Å²) in [6.45, 7) is 10.8. The van der Waals surface area contributed by atoms with Crippen LogP contribution in [0.1, 0.15) is 85.5 Å². The van der Waals surface area contributed by atoms with Gasteiger partial charge in [0.05, 0.1) is 5.41 Å². The first-order chi connectivity index (χ1) is 13.2. The van der Waals surface area contributed by atoms with E-state index in [0.717, 1.165) is 38.8 Å². The molecule has 0 bridgehead atoms. The Morgan fingerprint density at radius 1 is 1.04 bits per heavy atom. The molecule has 1 aliphatic heterocycles. The molecule has 6 atom stereocenters. The van der Waals surface area contributed by atoms with Crippen LogP contribution in [-0.2, 0) is 9.59 Å². The van der Waals surface area contributed by atoms with Crippen molar-refractivity contribution in [2.75, 3.05) is 20.1 Å². The molecule has 4 rings (SSSR count). The van der Waals surface area contributed by atoms with Crippen molar-refractivity contribution in [3.8, 4) is 0 Å². The lowest BCUT2D eigenvalue weighted by atomic mass is 9.42. The van der Waals surface area contributed by atoms with Crippen molar-refractivity contribution in [2.45, 2.75) is 91.5 Å². The monoisotopic (exact) mass is 388 g/mol. The molecular weight excluding hydrogens is 348 g/mol. The van der Waals surface area contributed by atoms with Crippen LogP contribution in [0.2, 0.25) is 0 Å². The molecule has 4 fully saturated rings. The van der Waals surface area contributed by atoms with Gasteiger partial charge in [0.15, 0.2) is 0 Å². The van der Waals surface area contributed by atoms with E-state index in [4.69, 9.17) is 0 Å². The van der Waals surface area contributed by atoms with Gasteiger partial charge in [-0.25, -0.2) is 0 Å². The van der Waals surface area contributed by atoms with Crippen molar-refractivity contribution in [1.29, 1.82) is 0 Å². The summed E-state index contributed by atoms with van der Waals surface area (Å²) in [5, 5.41) is 0. The van der Waals surface area contributed by atoms with Crippen LogP contribution in [0.4, 0.5) is 0 Å². The minimum atomic E-state index is -0.171. The molecule has 3 aliphatic carbocycles. The normalized spacial score (nSPS) is 45.2. The molecule has 0 aromatic rings. The number of amides is 2. The molecule has 0 aromatic carbocycles. The summed E-state index contributed by atoms with van der Waals surface area (Å²) in [7, 11) is 2.02. The van der Waals surface area contributed by atoms with E-state index in [1.807, 2.05) is 7.05 Å². The number of hydrogen-bond acceptors (Lipinski definition) is 2. The second-order valence-corrected chi connectivity index (χ2v) is 10.7. The largest absolute Gasteiger partial charge is 0.343 e. The van der Waals surface area contributed by atoms with Crippen LogP contribution in [0, 0.1) is 28.1 Å². The highest BCUT2D eigenvalue weighted by Gasteiger charge is 2.68. The zero-order chi connectivity index (χ0) is 20.3. The molecular formula is C24H40N2O2. The first kappa shape index (κ1) is 20.2. The van der Waals surface area contributed by atoms with Gasteiger partial charge < -0.3 is 9.80 Å². The van der Waals surface area contributed by atoms with Crippen molar-refractivity contribution in [3.05, 3.63) is 0 Å². The molecule has 28 heavy (non-hydrogen) atoms. The van der Waals surface area contributed by atoms with Crippen LogP contribution in [0.25, 0.3) is 0 Å². The molecule has 1 heterocycles. The number of fused-ring (bicyclic) bond motifs is 5. The second-order valence-electron chi connectivity index (χ2n) is 10.7. The average molecular weight is 389 g/mol. The molecule has 3 saturated carbocycles. The molecule has 2 amide bonds. The lowest BCUT2D eigenvalue weighted by molar-refractivity contribution is -0.187. The molecule has 1 saturated heterocycles. The third kappa shape index (κ3) is 2.41. The Bertz CT molecular complexity index is 659. The molecule has 4 heteroatoms. The van der Waals surface area contributed by atoms with Gasteiger partial charge in [0.25, 0.3) is 0 Å². The third-order valence-electron chi connectivity index (χ3n) is 10.0. The standard InChI is InChI=1S/C24H40N2O2/c1-6-26(7-2)21(28)24-14-8-13-22(24,3)15-11-17-18(24)9-10-19-23(17,4)16-12-20(27)25(19)5/h17-19H,6-16H2,1-5H3/t17-,18+,19+,22-,23+,24-/m0/s1. The van der Waals surface area contributed by atoms with Gasteiger partial charge in [-0.1, -0.05) is 20.3 Å². The number of rotatable bonds is 3. The summed E-state index contributed by atoms with van der Waals surface area (Å²) >= 11 is 0. The van der Waals surface area contributed by atoms with Crippen molar-refractivity contribution in [2.24, 2.45) is 28.1 Å². The predicted molar refractivity (Wildman–Crippen MR) is 112 cm³/mol. The van der Waals surface area contributed by atoms with Crippen molar-refractivity contribution < 1.29 is 9.59 Å². The van der Waals surface area contributed by atoms with Crippen LogP contribution in [0.15, 0.2) is 0 Å². The van der Waals surface area contributed by atoms with E-state index in [1.165, 1.54) is 25.7 Å². The zero-order valence-corrected chi connectivity index (χ0v) is 18.7. The summed E-state index contributed by atoms with van der Waals surface area (Å²) in [5.41, 5.74) is 0.162. The fourth-order valence-corrected chi connectivity index (χ4v) is 8.46. The van der Waals surface area contributed by atoms with E-state index in [0.29, 0.717) is 36.1 Å².